The number of benzene rings is 3. The predicted octanol–water partition coefficient (Wildman–Crippen LogP) is 4.81. The number of allylic oxidation sites excluding steroid dienone is 1. The van der Waals surface area contributed by atoms with E-state index in [1.54, 1.807) is 7.11 Å². The highest BCUT2D eigenvalue weighted by molar-refractivity contribution is 7.07. The third-order valence-corrected chi connectivity index (χ3v) is 8.20. The number of fused-ring (bicyclic) bond motifs is 4. The van der Waals surface area contributed by atoms with Gasteiger partial charge in [0.25, 0.3) is 5.56 Å². The Hall–Kier alpha value is -4.16. The molecule has 7 rings (SSSR count). The molecule has 0 bridgehead atoms. The van der Waals surface area contributed by atoms with Crippen molar-refractivity contribution < 1.29 is 4.74 Å². The van der Waals surface area contributed by atoms with Gasteiger partial charge in [-0.25, -0.2) is 4.99 Å². The molecule has 3 aromatic carbocycles. The summed E-state index contributed by atoms with van der Waals surface area (Å²) in [6.07, 6.45) is 5.72. The highest BCUT2D eigenvalue weighted by atomic mass is 32.1. The first-order valence-electron chi connectivity index (χ1n) is 12.0. The third kappa shape index (κ3) is 3.14. The largest absolute Gasteiger partial charge is 0.496 e. The molecule has 1 atom stereocenters. The molecule has 6 heteroatoms. The standard InChI is InChI=1S/C30H23N3O2S/c1-35-25-13-7-5-11-22(25)28-23-15-14-18-8-2-3-10-21(18)27(23)32-30-33(28)29(34)26(36-30)16-19-17-31-24-12-6-4-9-20(19)24/h2-13,16-17,28,31H,14-15H2,1H3/b26-16-/t28-/m1/s1. The Balaban J connectivity index is 1.52. The zero-order valence-electron chi connectivity index (χ0n) is 19.7. The van der Waals surface area contributed by atoms with Crippen LogP contribution in [0.5, 0.6) is 5.75 Å². The lowest BCUT2D eigenvalue weighted by atomic mass is 9.83. The number of aromatic amines is 1. The highest BCUT2D eigenvalue weighted by Gasteiger charge is 2.33. The number of para-hydroxylation sites is 2. The second-order valence-electron chi connectivity index (χ2n) is 9.15. The quantitative estimate of drug-likeness (QED) is 0.396. The zero-order chi connectivity index (χ0) is 24.2. The Kier molecular flexibility index (Phi) is 4.82. The van der Waals surface area contributed by atoms with Gasteiger partial charge < -0.3 is 9.72 Å². The molecule has 0 radical (unpaired) electrons. The number of H-pyrrole nitrogens is 1. The van der Waals surface area contributed by atoms with Crippen LogP contribution in [0.15, 0.2) is 94.4 Å². The fourth-order valence-corrected chi connectivity index (χ4v) is 6.54. The minimum absolute atomic E-state index is 0.0228. The number of hydrogen-bond donors (Lipinski definition) is 1. The van der Waals surface area contributed by atoms with Gasteiger partial charge in [-0.2, -0.15) is 0 Å². The highest BCUT2D eigenvalue weighted by Crippen LogP contribution is 2.43. The van der Waals surface area contributed by atoms with Crippen molar-refractivity contribution >= 4 is 34.0 Å². The van der Waals surface area contributed by atoms with E-state index < -0.39 is 0 Å². The van der Waals surface area contributed by atoms with E-state index >= 15 is 0 Å². The van der Waals surface area contributed by atoms with Crippen LogP contribution in [0.25, 0.3) is 22.7 Å². The molecular formula is C30H23N3O2S. The first-order valence-corrected chi connectivity index (χ1v) is 12.9. The Morgan fingerprint density at radius 3 is 2.75 bits per heavy atom. The second-order valence-corrected chi connectivity index (χ2v) is 10.2. The van der Waals surface area contributed by atoms with Crippen LogP contribution in [0.1, 0.15) is 34.7 Å². The fraction of sp³-hybridized carbons (Fsp3) is 0.133. The molecule has 0 saturated heterocycles. The molecule has 1 aliphatic heterocycles. The maximum atomic E-state index is 14.0. The van der Waals surface area contributed by atoms with Gasteiger partial charge in [0.15, 0.2) is 4.80 Å². The summed E-state index contributed by atoms with van der Waals surface area (Å²) in [5, 5.41) is 1.10. The van der Waals surface area contributed by atoms with E-state index in [-0.39, 0.29) is 11.6 Å². The third-order valence-electron chi connectivity index (χ3n) is 7.21. The molecule has 2 aromatic heterocycles. The minimum Gasteiger partial charge on any atom is -0.496 e. The molecule has 3 heterocycles. The van der Waals surface area contributed by atoms with Crippen LogP contribution >= 0.6 is 11.3 Å². The summed E-state index contributed by atoms with van der Waals surface area (Å²) in [5.74, 6) is 0.779. The molecule has 5 aromatic rings. The maximum absolute atomic E-state index is 14.0. The summed E-state index contributed by atoms with van der Waals surface area (Å²) < 4.78 is 8.31. The summed E-state index contributed by atoms with van der Waals surface area (Å²) in [5.41, 5.74) is 7.64. The van der Waals surface area contributed by atoms with E-state index in [2.05, 4.69) is 41.4 Å². The van der Waals surface area contributed by atoms with E-state index in [0.717, 1.165) is 56.7 Å². The Labute approximate surface area is 211 Å². The van der Waals surface area contributed by atoms with Crippen LogP contribution in [-0.2, 0) is 6.42 Å². The topological polar surface area (TPSA) is 59.4 Å². The van der Waals surface area contributed by atoms with Crippen LogP contribution in [0, 0.1) is 0 Å². The lowest BCUT2D eigenvalue weighted by Gasteiger charge is -2.31. The van der Waals surface area contributed by atoms with E-state index in [1.165, 1.54) is 22.5 Å². The van der Waals surface area contributed by atoms with Gasteiger partial charge in [-0.1, -0.05) is 72.0 Å². The van der Waals surface area contributed by atoms with Crippen molar-refractivity contribution in [3.63, 3.8) is 0 Å². The fourth-order valence-electron chi connectivity index (χ4n) is 5.55. The lowest BCUT2D eigenvalue weighted by Crippen LogP contribution is -2.38. The number of methoxy groups -OCH3 is 1. The van der Waals surface area contributed by atoms with Crippen LogP contribution in [0.2, 0.25) is 0 Å². The summed E-state index contributed by atoms with van der Waals surface area (Å²) in [6, 6.07) is 24.4. The van der Waals surface area contributed by atoms with Crippen molar-refractivity contribution in [3.05, 3.63) is 127 Å². The number of rotatable bonds is 3. The molecule has 0 amide bonds. The molecule has 36 heavy (non-hydrogen) atoms. The molecule has 0 spiro atoms. The average Bonchev–Trinajstić information content (AvgIpc) is 3.48. The smallest absolute Gasteiger partial charge is 0.271 e. The summed E-state index contributed by atoms with van der Waals surface area (Å²) in [7, 11) is 1.69. The van der Waals surface area contributed by atoms with E-state index in [0.29, 0.717) is 4.53 Å². The molecule has 1 N–H and O–H groups in total. The van der Waals surface area contributed by atoms with Crippen LogP contribution in [0.3, 0.4) is 0 Å². The molecular weight excluding hydrogens is 466 g/mol. The van der Waals surface area contributed by atoms with Crippen molar-refractivity contribution in [1.29, 1.82) is 0 Å². The van der Waals surface area contributed by atoms with Crippen LogP contribution in [-0.4, -0.2) is 16.7 Å². The molecule has 2 aliphatic rings. The normalized spacial score (nSPS) is 16.9. The monoisotopic (exact) mass is 489 g/mol. The number of thiazole rings is 1. The van der Waals surface area contributed by atoms with Crippen molar-refractivity contribution in [2.24, 2.45) is 4.99 Å². The predicted molar refractivity (Wildman–Crippen MR) is 144 cm³/mol. The van der Waals surface area contributed by atoms with Gasteiger partial charge in [0.1, 0.15) is 5.75 Å². The first kappa shape index (κ1) is 21.1. The number of hydrogen-bond acceptors (Lipinski definition) is 4. The van der Waals surface area contributed by atoms with Gasteiger partial charge in [0, 0.05) is 33.8 Å². The number of nitrogens with zero attached hydrogens (tertiary/aromatic N) is 2. The number of ether oxygens (including phenoxy) is 1. The van der Waals surface area contributed by atoms with E-state index in [9.17, 15) is 4.79 Å². The molecule has 0 unspecified atom stereocenters. The molecule has 176 valence electrons. The zero-order valence-corrected chi connectivity index (χ0v) is 20.5. The van der Waals surface area contributed by atoms with Crippen molar-refractivity contribution in [3.8, 4) is 5.75 Å². The minimum atomic E-state index is -0.258. The SMILES string of the molecule is COc1ccccc1[C@@H]1C2=C(N=c3s/c(=C\c4c[nH]c5ccccc45)c(=O)n31)c1ccccc1CC2. The van der Waals surface area contributed by atoms with E-state index in [1.807, 2.05) is 53.2 Å². The summed E-state index contributed by atoms with van der Waals surface area (Å²) in [6.45, 7) is 0. The molecule has 5 nitrogen and oxygen atoms in total. The Morgan fingerprint density at radius 1 is 1.03 bits per heavy atom. The van der Waals surface area contributed by atoms with Crippen molar-refractivity contribution in [2.45, 2.75) is 18.9 Å². The molecule has 1 aliphatic carbocycles. The summed E-state index contributed by atoms with van der Waals surface area (Å²) >= 11 is 1.45. The van der Waals surface area contributed by atoms with Gasteiger partial charge in [-0.15, -0.1) is 0 Å². The Bertz CT molecular complexity index is 1870. The first-order chi connectivity index (χ1) is 17.7. The molecule has 0 fully saturated rings. The van der Waals surface area contributed by atoms with Crippen LogP contribution in [0.4, 0.5) is 0 Å². The van der Waals surface area contributed by atoms with Gasteiger partial charge in [0.05, 0.1) is 23.4 Å². The van der Waals surface area contributed by atoms with Crippen molar-refractivity contribution in [1.82, 2.24) is 9.55 Å². The van der Waals surface area contributed by atoms with Gasteiger partial charge in [0.2, 0.25) is 0 Å². The Morgan fingerprint density at radius 2 is 1.83 bits per heavy atom. The lowest BCUT2D eigenvalue weighted by molar-refractivity contribution is 0.402. The van der Waals surface area contributed by atoms with Gasteiger partial charge in [-0.3, -0.25) is 9.36 Å². The average molecular weight is 490 g/mol. The van der Waals surface area contributed by atoms with Gasteiger partial charge >= 0.3 is 0 Å². The molecule has 0 saturated carbocycles. The van der Waals surface area contributed by atoms with E-state index in [4.69, 9.17) is 9.73 Å². The number of aromatic nitrogens is 2. The van der Waals surface area contributed by atoms with Gasteiger partial charge in [-0.05, 0) is 42.2 Å². The summed E-state index contributed by atoms with van der Waals surface area (Å²) in [4.78, 5) is 23.1. The van der Waals surface area contributed by atoms with Crippen molar-refractivity contribution in [2.75, 3.05) is 7.11 Å². The second kappa shape index (κ2) is 8.21. The maximum Gasteiger partial charge on any atom is 0.271 e. The van der Waals surface area contributed by atoms with Crippen LogP contribution < -0.4 is 19.6 Å². The number of nitrogens with one attached hydrogen (secondary N) is 1. The number of aryl methyl sites for hydroxylation is 1.